The van der Waals surface area contributed by atoms with Crippen molar-refractivity contribution in [3.63, 3.8) is 0 Å². The average Bonchev–Trinajstić information content (AvgIpc) is 2.48. The van der Waals surface area contributed by atoms with E-state index in [2.05, 4.69) is 5.32 Å². The van der Waals surface area contributed by atoms with Crippen LogP contribution in [0.2, 0.25) is 5.02 Å². The molecule has 104 valence electrons. The minimum absolute atomic E-state index is 0.00600. The van der Waals surface area contributed by atoms with Gasteiger partial charge in [0, 0.05) is 10.7 Å². The highest BCUT2D eigenvalue weighted by atomic mass is 35.5. The topological polar surface area (TPSA) is 29.1 Å². The van der Waals surface area contributed by atoms with Crippen LogP contribution in [0.1, 0.15) is 25.8 Å². The van der Waals surface area contributed by atoms with Crippen LogP contribution in [0.3, 0.4) is 0 Å². The fraction of sp³-hybridized carbons (Fsp3) is 0.235. The van der Waals surface area contributed by atoms with Crippen molar-refractivity contribution in [2.45, 2.75) is 25.7 Å². The van der Waals surface area contributed by atoms with Crippen molar-refractivity contribution in [3.8, 4) is 0 Å². The SMILES string of the molecule is CCC(C)(C(=O)Nc1ccccc1)c1ccc(Cl)cc1. The molecule has 0 aliphatic rings. The number of amides is 1. The molecule has 2 nitrogen and oxygen atoms in total. The number of benzene rings is 2. The zero-order valence-corrected chi connectivity index (χ0v) is 12.4. The number of rotatable bonds is 4. The fourth-order valence-electron chi connectivity index (χ4n) is 2.10. The van der Waals surface area contributed by atoms with E-state index in [1.807, 2.05) is 68.4 Å². The summed E-state index contributed by atoms with van der Waals surface area (Å²) in [6.45, 7) is 3.97. The van der Waals surface area contributed by atoms with Crippen LogP contribution >= 0.6 is 11.6 Å². The number of hydrogen-bond acceptors (Lipinski definition) is 1. The summed E-state index contributed by atoms with van der Waals surface area (Å²) in [5.74, 6) is -0.00600. The molecule has 0 bridgehead atoms. The molecule has 0 radical (unpaired) electrons. The van der Waals surface area contributed by atoms with E-state index in [4.69, 9.17) is 11.6 Å². The Morgan fingerprint density at radius 2 is 1.70 bits per heavy atom. The van der Waals surface area contributed by atoms with Gasteiger partial charge in [0.1, 0.15) is 0 Å². The second-order valence-corrected chi connectivity index (χ2v) is 5.45. The highest BCUT2D eigenvalue weighted by Gasteiger charge is 2.33. The molecule has 0 aliphatic heterocycles. The largest absolute Gasteiger partial charge is 0.325 e. The maximum absolute atomic E-state index is 12.6. The molecule has 0 saturated carbocycles. The Kier molecular flexibility index (Phi) is 4.46. The van der Waals surface area contributed by atoms with Crippen LogP contribution < -0.4 is 5.32 Å². The zero-order valence-electron chi connectivity index (χ0n) is 11.7. The molecule has 0 aliphatic carbocycles. The number of carbonyl (C=O) groups is 1. The highest BCUT2D eigenvalue weighted by Crippen LogP contribution is 2.30. The van der Waals surface area contributed by atoms with Crippen LogP contribution in [0.25, 0.3) is 0 Å². The van der Waals surface area contributed by atoms with Crippen LogP contribution in [0.5, 0.6) is 0 Å². The summed E-state index contributed by atoms with van der Waals surface area (Å²) in [5, 5.41) is 3.65. The Bertz CT molecular complexity index is 580. The van der Waals surface area contributed by atoms with E-state index in [1.165, 1.54) is 0 Å². The predicted octanol–water partition coefficient (Wildman–Crippen LogP) is 4.65. The highest BCUT2D eigenvalue weighted by molar-refractivity contribution is 6.30. The summed E-state index contributed by atoms with van der Waals surface area (Å²) in [6.07, 6.45) is 0.716. The first-order valence-corrected chi connectivity index (χ1v) is 7.06. The van der Waals surface area contributed by atoms with E-state index in [0.717, 1.165) is 11.3 Å². The van der Waals surface area contributed by atoms with Crippen molar-refractivity contribution < 1.29 is 4.79 Å². The van der Waals surface area contributed by atoms with Crippen molar-refractivity contribution in [2.75, 3.05) is 5.32 Å². The Morgan fingerprint density at radius 1 is 1.10 bits per heavy atom. The molecule has 0 spiro atoms. The van der Waals surface area contributed by atoms with Gasteiger partial charge in [-0.1, -0.05) is 48.9 Å². The summed E-state index contributed by atoms with van der Waals surface area (Å²) < 4.78 is 0. The van der Waals surface area contributed by atoms with Gasteiger partial charge in [0.15, 0.2) is 0 Å². The summed E-state index contributed by atoms with van der Waals surface area (Å²) in [4.78, 5) is 12.6. The first-order chi connectivity index (χ1) is 9.56. The van der Waals surface area contributed by atoms with Gasteiger partial charge in [-0.3, -0.25) is 4.79 Å². The molecule has 20 heavy (non-hydrogen) atoms. The van der Waals surface area contributed by atoms with Crippen LogP contribution in [0.4, 0.5) is 5.69 Å². The summed E-state index contributed by atoms with van der Waals surface area (Å²) in [6, 6.07) is 17.0. The lowest BCUT2D eigenvalue weighted by atomic mass is 9.79. The van der Waals surface area contributed by atoms with Gasteiger partial charge in [-0.05, 0) is 43.2 Å². The average molecular weight is 288 g/mol. The molecule has 0 aromatic heterocycles. The van der Waals surface area contributed by atoms with E-state index in [0.29, 0.717) is 11.4 Å². The monoisotopic (exact) mass is 287 g/mol. The molecule has 1 atom stereocenters. The molecular weight excluding hydrogens is 270 g/mol. The van der Waals surface area contributed by atoms with Crippen LogP contribution in [-0.4, -0.2) is 5.91 Å². The second kappa shape index (κ2) is 6.10. The number of nitrogens with one attached hydrogen (secondary N) is 1. The Balaban J connectivity index is 2.26. The number of halogens is 1. The van der Waals surface area contributed by atoms with Crippen LogP contribution in [0.15, 0.2) is 54.6 Å². The van der Waals surface area contributed by atoms with E-state index < -0.39 is 5.41 Å². The summed E-state index contributed by atoms with van der Waals surface area (Å²) >= 11 is 5.91. The van der Waals surface area contributed by atoms with Gasteiger partial charge in [-0.15, -0.1) is 0 Å². The van der Waals surface area contributed by atoms with E-state index in [9.17, 15) is 4.79 Å². The third kappa shape index (κ3) is 3.02. The minimum Gasteiger partial charge on any atom is -0.325 e. The maximum Gasteiger partial charge on any atom is 0.234 e. The molecule has 2 rings (SSSR count). The maximum atomic E-state index is 12.6. The summed E-state index contributed by atoms with van der Waals surface area (Å²) in [5.41, 5.74) is 1.21. The standard InChI is InChI=1S/C17H18ClNO/c1-3-17(2,13-9-11-14(18)12-10-13)16(20)19-15-7-5-4-6-8-15/h4-12H,3H2,1-2H3,(H,19,20). The molecule has 1 N–H and O–H groups in total. The lowest BCUT2D eigenvalue weighted by molar-refractivity contribution is -0.121. The lowest BCUT2D eigenvalue weighted by Gasteiger charge is -2.27. The number of para-hydroxylation sites is 1. The van der Waals surface area contributed by atoms with Gasteiger partial charge in [0.05, 0.1) is 5.41 Å². The molecule has 2 aromatic carbocycles. The van der Waals surface area contributed by atoms with Gasteiger partial charge in [-0.25, -0.2) is 0 Å². The van der Waals surface area contributed by atoms with E-state index in [1.54, 1.807) is 0 Å². The van der Waals surface area contributed by atoms with Gasteiger partial charge in [0.25, 0.3) is 0 Å². The molecule has 1 amide bonds. The van der Waals surface area contributed by atoms with Gasteiger partial charge < -0.3 is 5.32 Å². The minimum atomic E-state index is -0.569. The second-order valence-electron chi connectivity index (χ2n) is 5.01. The normalized spacial score (nSPS) is 13.6. The Labute approximate surface area is 124 Å². The third-order valence-electron chi connectivity index (χ3n) is 3.72. The first-order valence-electron chi connectivity index (χ1n) is 6.69. The third-order valence-corrected chi connectivity index (χ3v) is 3.97. The van der Waals surface area contributed by atoms with Crippen molar-refractivity contribution in [1.29, 1.82) is 0 Å². The van der Waals surface area contributed by atoms with Crippen molar-refractivity contribution in [1.82, 2.24) is 0 Å². The zero-order chi connectivity index (χ0) is 14.6. The number of carbonyl (C=O) groups excluding carboxylic acids is 1. The molecule has 1 unspecified atom stereocenters. The predicted molar refractivity (Wildman–Crippen MR) is 84.2 cm³/mol. The molecular formula is C17H18ClNO. The molecule has 2 aromatic rings. The van der Waals surface area contributed by atoms with Gasteiger partial charge >= 0.3 is 0 Å². The van der Waals surface area contributed by atoms with Gasteiger partial charge in [0.2, 0.25) is 5.91 Å². The Hall–Kier alpha value is -1.80. The summed E-state index contributed by atoms with van der Waals surface area (Å²) in [7, 11) is 0. The smallest absolute Gasteiger partial charge is 0.234 e. The van der Waals surface area contributed by atoms with E-state index in [-0.39, 0.29) is 5.91 Å². The van der Waals surface area contributed by atoms with Crippen molar-refractivity contribution in [2.24, 2.45) is 0 Å². The van der Waals surface area contributed by atoms with Crippen molar-refractivity contribution in [3.05, 3.63) is 65.2 Å². The molecule has 3 heteroatoms. The van der Waals surface area contributed by atoms with Crippen LogP contribution in [0, 0.1) is 0 Å². The van der Waals surface area contributed by atoms with Crippen molar-refractivity contribution >= 4 is 23.2 Å². The van der Waals surface area contributed by atoms with E-state index >= 15 is 0 Å². The molecule has 0 fully saturated rings. The Morgan fingerprint density at radius 3 is 2.25 bits per heavy atom. The fourth-order valence-corrected chi connectivity index (χ4v) is 2.23. The quantitative estimate of drug-likeness (QED) is 0.871. The number of anilines is 1. The lowest BCUT2D eigenvalue weighted by Crippen LogP contribution is -2.37. The first kappa shape index (κ1) is 14.6. The number of hydrogen-bond donors (Lipinski definition) is 1. The molecule has 0 saturated heterocycles. The van der Waals surface area contributed by atoms with Gasteiger partial charge in [-0.2, -0.15) is 0 Å². The van der Waals surface area contributed by atoms with Crippen LogP contribution in [-0.2, 0) is 10.2 Å². The molecule has 0 heterocycles.